The van der Waals surface area contributed by atoms with E-state index in [2.05, 4.69) is 58.8 Å². The van der Waals surface area contributed by atoms with Crippen LogP contribution in [0.3, 0.4) is 0 Å². The normalized spacial score (nSPS) is 10.6. The minimum atomic E-state index is 0.846. The van der Waals surface area contributed by atoms with Gasteiger partial charge in [0.1, 0.15) is 5.01 Å². The Bertz CT molecular complexity index is 507. The smallest absolute Gasteiger partial charge is 0.107 e. The zero-order chi connectivity index (χ0) is 13.0. The summed E-state index contributed by atoms with van der Waals surface area (Å²) in [4.78, 5) is 6.83. The number of rotatable bonds is 5. The lowest BCUT2D eigenvalue weighted by molar-refractivity contribution is 0.797. The van der Waals surface area contributed by atoms with Crippen molar-refractivity contribution in [2.45, 2.75) is 20.0 Å². The molecule has 0 radical (unpaired) electrons. The number of aromatic nitrogens is 1. The summed E-state index contributed by atoms with van der Waals surface area (Å²) in [5, 5.41) is 6.41. The van der Waals surface area contributed by atoms with Gasteiger partial charge in [-0.05, 0) is 31.7 Å². The number of aryl methyl sites for hydroxylation is 1. The molecule has 1 heterocycles. The topological polar surface area (TPSA) is 28.2 Å². The van der Waals surface area contributed by atoms with Crippen LogP contribution in [0.1, 0.15) is 16.3 Å². The van der Waals surface area contributed by atoms with Crippen molar-refractivity contribution in [2.24, 2.45) is 0 Å². The van der Waals surface area contributed by atoms with Crippen LogP contribution in [-0.2, 0) is 13.1 Å². The molecule has 0 saturated heterocycles. The Morgan fingerprint density at radius 3 is 2.94 bits per heavy atom. The van der Waals surface area contributed by atoms with Gasteiger partial charge in [-0.3, -0.25) is 0 Å². The molecule has 0 aliphatic rings. The Labute approximate surface area is 112 Å². The molecule has 3 nitrogen and oxygen atoms in total. The molecule has 0 fully saturated rings. The first-order valence-electron chi connectivity index (χ1n) is 6.04. The lowest BCUT2D eigenvalue weighted by Crippen LogP contribution is -2.16. The maximum absolute atomic E-state index is 4.60. The van der Waals surface area contributed by atoms with E-state index in [1.165, 1.54) is 11.3 Å². The summed E-state index contributed by atoms with van der Waals surface area (Å²) in [6.07, 6.45) is 0. The van der Waals surface area contributed by atoms with Gasteiger partial charge in [0.25, 0.3) is 0 Å². The summed E-state index contributed by atoms with van der Waals surface area (Å²) < 4.78 is 0. The maximum Gasteiger partial charge on any atom is 0.107 e. The van der Waals surface area contributed by atoms with Crippen LogP contribution in [0.15, 0.2) is 29.6 Å². The monoisotopic (exact) mass is 261 g/mol. The van der Waals surface area contributed by atoms with E-state index in [9.17, 15) is 0 Å². The van der Waals surface area contributed by atoms with Crippen LogP contribution < -0.4 is 10.2 Å². The van der Waals surface area contributed by atoms with Gasteiger partial charge in [-0.1, -0.05) is 12.1 Å². The molecule has 0 amide bonds. The predicted octanol–water partition coefficient (Wildman–Crippen LogP) is 2.81. The summed E-state index contributed by atoms with van der Waals surface area (Å²) in [5.74, 6) is 0. The lowest BCUT2D eigenvalue weighted by Gasteiger charge is -2.18. The number of nitrogens with one attached hydrogen (secondary N) is 1. The third kappa shape index (κ3) is 3.31. The third-order valence-corrected chi connectivity index (χ3v) is 3.67. The molecule has 0 aliphatic heterocycles. The van der Waals surface area contributed by atoms with Crippen LogP contribution in [0.25, 0.3) is 0 Å². The maximum atomic E-state index is 4.60. The number of thiazole rings is 1. The molecule has 0 aliphatic carbocycles. The molecule has 0 saturated carbocycles. The largest absolute Gasteiger partial charge is 0.369 e. The van der Waals surface area contributed by atoms with E-state index in [1.54, 1.807) is 11.3 Å². The molecular weight excluding hydrogens is 242 g/mol. The third-order valence-electron chi connectivity index (χ3n) is 2.77. The van der Waals surface area contributed by atoms with E-state index < -0.39 is 0 Å². The fourth-order valence-electron chi connectivity index (χ4n) is 1.85. The van der Waals surface area contributed by atoms with Crippen molar-refractivity contribution in [3.8, 4) is 0 Å². The van der Waals surface area contributed by atoms with Crippen molar-refractivity contribution < 1.29 is 0 Å². The second-order valence-corrected chi connectivity index (χ2v) is 5.40. The standard InChI is InChI=1S/C14H19N3S/c1-11-5-4-6-13(7-11)17(3)9-12-10-18-14(16-12)8-15-2/h4-7,10,15H,8-9H2,1-3H3. The van der Waals surface area contributed by atoms with Crippen molar-refractivity contribution in [1.29, 1.82) is 0 Å². The highest BCUT2D eigenvalue weighted by atomic mass is 32.1. The van der Waals surface area contributed by atoms with Gasteiger partial charge < -0.3 is 10.2 Å². The summed E-state index contributed by atoms with van der Waals surface area (Å²) >= 11 is 1.71. The second kappa shape index (κ2) is 5.98. The molecule has 2 rings (SSSR count). The Morgan fingerprint density at radius 2 is 2.22 bits per heavy atom. The first-order chi connectivity index (χ1) is 8.69. The minimum Gasteiger partial charge on any atom is -0.369 e. The van der Waals surface area contributed by atoms with E-state index in [-0.39, 0.29) is 0 Å². The van der Waals surface area contributed by atoms with Crippen molar-refractivity contribution in [3.05, 3.63) is 45.9 Å². The van der Waals surface area contributed by atoms with Gasteiger partial charge in [0.2, 0.25) is 0 Å². The molecule has 2 aromatic rings. The molecule has 96 valence electrons. The number of hydrogen-bond donors (Lipinski definition) is 1. The molecule has 0 atom stereocenters. The molecule has 1 aromatic carbocycles. The average molecular weight is 261 g/mol. The van der Waals surface area contributed by atoms with Crippen LogP contribution in [-0.4, -0.2) is 19.1 Å². The predicted molar refractivity (Wildman–Crippen MR) is 78.2 cm³/mol. The average Bonchev–Trinajstić information content (AvgIpc) is 2.77. The molecule has 1 aromatic heterocycles. The Morgan fingerprint density at radius 1 is 1.39 bits per heavy atom. The quantitative estimate of drug-likeness (QED) is 0.897. The highest BCUT2D eigenvalue weighted by Crippen LogP contribution is 2.18. The van der Waals surface area contributed by atoms with Crippen LogP contribution in [0.4, 0.5) is 5.69 Å². The molecule has 18 heavy (non-hydrogen) atoms. The van der Waals surface area contributed by atoms with Crippen LogP contribution >= 0.6 is 11.3 Å². The van der Waals surface area contributed by atoms with Crippen molar-refractivity contribution >= 4 is 17.0 Å². The number of nitrogens with zero attached hydrogens (tertiary/aromatic N) is 2. The lowest BCUT2D eigenvalue weighted by atomic mass is 10.2. The summed E-state index contributed by atoms with van der Waals surface area (Å²) in [7, 11) is 4.05. The number of hydrogen-bond acceptors (Lipinski definition) is 4. The van der Waals surface area contributed by atoms with Crippen LogP contribution in [0, 0.1) is 6.92 Å². The van der Waals surface area contributed by atoms with Crippen molar-refractivity contribution in [1.82, 2.24) is 10.3 Å². The van der Waals surface area contributed by atoms with E-state index >= 15 is 0 Å². The van der Waals surface area contributed by atoms with E-state index in [0.717, 1.165) is 23.8 Å². The molecule has 0 bridgehead atoms. The van der Waals surface area contributed by atoms with Gasteiger partial charge in [-0.15, -0.1) is 11.3 Å². The fraction of sp³-hybridized carbons (Fsp3) is 0.357. The highest BCUT2D eigenvalue weighted by Gasteiger charge is 2.06. The van der Waals surface area contributed by atoms with Gasteiger partial charge in [0, 0.05) is 24.7 Å². The molecule has 0 unspecified atom stereocenters. The SMILES string of the molecule is CNCc1nc(CN(C)c2cccc(C)c2)cs1. The fourth-order valence-corrected chi connectivity index (χ4v) is 2.65. The van der Waals surface area contributed by atoms with Gasteiger partial charge in [0.05, 0.1) is 12.2 Å². The van der Waals surface area contributed by atoms with E-state index in [0.29, 0.717) is 0 Å². The number of anilines is 1. The second-order valence-electron chi connectivity index (χ2n) is 4.46. The van der Waals surface area contributed by atoms with Gasteiger partial charge in [0.15, 0.2) is 0 Å². The van der Waals surface area contributed by atoms with E-state index in [4.69, 9.17) is 0 Å². The van der Waals surface area contributed by atoms with Gasteiger partial charge >= 0.3 is 0 Å². The van der Waals surface area contributed by atoms with Gasteiger partial charge in [-0.2, -0.15) is 0 Å². The first-order valence-corrected chi connectivity index (χ1v) is 6.92. The molecule has 4 heteroatoms. The Balaban J connectivity index is 2.04. The van der Waals surface area contributed by atoms with Gasteiger partial charge in [-0.25, -0.2) is 4.98 Å². The summed E-state index contributed by atoms with van der Waals surface area (Å²) in [5.41, 5.74) is 3.65. The Kier molecular flexibility index (Phi) is 4.33. The van der Waals surface area contributed by atoms with Crippen LogP contribution in [0.2, 0.25) is 0 Å². The molecular formula is C14H19N3S. The minimum absolute atomic E-state index is 0.846. The molecule has 1 N–H and O–H groups in total. The summed E-state index contributed by atoms with van der Waals surface area (Å²) in [6.45, 7) is 3.81. The highest BCUT2D eigenvalue weighted by molar-refractivity contribution is 7.09. The first kappa shape index (κ1) is 13.1. The zero-order valence-corrected chi connectivity index (χ0v) is 11.9. The molecule has 0 spiro atoms. The van der Waals surface area contributed by atoms with Crippen molar-refractivity contribution in [2.75, 3.05) is 19.0 Å². The number of benzene rings is 1. The summed E-state index contributed by atoms with van der Waals surface area (Å²) in [6, 6.07) is 8.54. The van der Waals surface area contributed by atoms with Crippen LogP contribution in [0.5, 0.6) is 0 Å². The zero-order valence-electron chi connectivity index (χ0n) is 11.1. The van der Waals surface area contributed by atoms with Crippen molar-refractivity contribution in [3.63, 3.8) is 0 Å². The Hall–Kier alpha value is -1.39. The van der Waals surface area contributed by atoms with E-state index in [1.807, 2.05) is 7.05 Å².